The lowest BCUT2D eigenvalue weighted by Crippen LogP contribution is -2.59. The summed E-state index contributed by atoms with van der Waals surface area (Å²) in [5.41, 5.74) is 18.5. The molecule has 12 N–H and O–H groups in total. The minimum absolute atomic E-state index is 0.0328. The van der Waals surface area contributed by atoms with Gasteiger partial charge in [0.15, 0.2) is 5.96 Å². The second-order valence-electron chi connectivity index (χ2n) is 24.9. The van der Waals surface area contributed by atoms with Gasteiger partial charge in [0.1, 0.15) is 36.3 Å². The highest BCUT2D eigenvalue weighted by Crippen LogP contribution is 2.43. The molecule has 0 aliphatic carbocycles. The second kappa shape index (κ2) is 28.1. The Hall–Kier alpha value is -9.66. The van der Waals surface area contributed by atoms with E-state index < -0.39 is 112 Å². The number of likely N-dealkylation sites (tertiary alicyclic amines) is 1. The van der Waals surface area contributed by atoms with Crippen LogP contribution in [0.25, 0.3) is 64.6 Å². The lowest BCUT2D eigenvalue weighted by Gasteiger charge is -2.28. The lowest BCUT2D eigenvalue weighted by atomic mass is 9.93. The minimum Gasteiger partial charge on any atom is -0.480 e. The Labute approximate surface area is 554 Å². The number of rotatable bonds is 26. The molecule has 0 radical (unpaired) electrons. The van der Waals surface area contributed by atoms with E-state index in [1.54, 1.807) is 26.0 Å². The van der Waals surface area contributed by atoms with Gasteiger partial charge in [-0.05, 0) is 118 Å². The fraction of sp³-hybridized carbons (Fsp3) is 0.362. The zero-order chi connectivity index (χ0) is 67.7. The molecule has 11 rings (SSSR count). The van der Waals surface area contributed by atoms with Crippen molar-refractivity contribution in [3.8, 4) is 0 Å². The van der Waals surface area contributed by atoms with E-state index in [2.05, 4.69) is 31.6 Å². The first-order chi connectivity index (χ1) is 45.5. The summed E-state index contributed by atoms with van der Waals surface area (Å²) in [5.74, 6) is -8.46. The normalized spacial score (nSPS) is 18.7. The number of carboxylic acid groups (broad SMARTS) is 1. The number of amides is 10. The van der Waals surface area contributed by atoms with E-state index in [0.29, 0.717) is 23.2 Å². The molecule has 2 unspecified atom stereocenters. The van der Waals surface area contributed by atoms with Gasteiger partial charge in [0.2, 0.25) is 59.1 Å². The molecule has 3 aliphatic heterocycles. The smallest absolute Gasteiger partial charge is 0.327 e. The SMILES string of the molecule is CC(C)C[C@H](NC(=O)[C@H](CCCN=C(N)N)NC(=O)[C@H](C)NC(=O)[C@@H]1CCCN1C(=O)[C@@H](N)CSC1CC(=O)N(c2ccc3ccc4cccc5ccc2c3c45)C1=O)C(=O)N[C@@H](C)C(=O)N[C@@H](CSC1CC(=O)N(c2ccc3ccc4cccc5ccc2c3c45)C1=O)C(=O)O. The first kappa shape index (κ1) is 66.8. The van der Waals surface area contributed by atoms with Gasteiger partial charge in [-0.25, -0.2) is 14.6 Å². The molecule has 8 aromatic rings. The van der Waals surface area contributed by atoms with Gasteiger partial charge in [0.25, 0.3) is 0 Å². The van der Waals surface area contributed by atoms with Crippen molar-refractivity contribution in [3.63, 3.8) is 0 Å². The van der Waals surface area contributed by atoms with E-state index in [9.17, 15) is 57.8 Å². The zero-order valence-corrected chi connectivity index (χ0v) is 54.4. The number of aliphatic imine (C=N–C) groups is 1. The fourth-order valence-corrected chi connectivity index (χ4v) is 15.3. The fourth-order valence-electron chi connectivity index (χ4n) is 13.1. The molecule has 9 atom stereocenters. The maximum absolute atomic E-state index is 14.2. The molecule has 10 amide bonds. The van der Waals surface area contributed by atoms with Gasteiger partial charge >= 0.3 is 5.97 Å². The Morgan fingerprint density at radius 3 is 1.53 bits per heavy atom. The summed E-state index contributed by atoms with van der Waals surface area (Å²) in [7, 11) is 0. The van der Waals surface area contributed by atoms with Gasteiger partial charge in [0.05, 0.1) is 27.9 Å². The van der Waals surface area contributed by atoms with Gasteiger partial charge in [-0.15, -0.1) is 23.5 Å². The standard InChI is InChI=1S/C69H74N12O12S2/c1-34(2)29-47(63(87)74-35(3)61(85)78-48(68(92)93)33-95-53-31-55(83)81(67(53)91)50-26-22-42-18-16-38-10-6-12-40-20-24-44(50)59(42)57(38)40)77-62(86)46(13-7-27-73-69(71)72)76-60(84)36(4)75-64(88)51-14-8-28-79(51)65(89)45(70)32-94-52-30-54(82)80(66(52)90)49-25-21-41-17-15-37-9-5-11-39-19-23-43(49)58(41)56(37)39/h5-6,9-12,15-26,34-36,45-48,51-53H,7-8,13-14,27-33,70H2,1-4H3,(H,74,87)(H,75,88)(H,76,84)(H,77,86)(H,78,85)(H,92,93)(H4,71,72,73)/t35-,36-,45-,46-,47-,48-,51-,52?,53?/m0/s1. The summed E-state index contributed by atoms with van der Waals surface area (Å²) in [5, 5.41) is 32.9. The number of carbonyl (C=O) groups excluding carboxylic acids is 10. The van der Waals surface area contributed by atoms with Crippen LogP contribution in [0.5, 0.6) is 0 Å². The number of carboxylic acids is 1. The van der Waals surface area contributed by atoms with Crippen LogP contribution in [0.3, 0.4) is 0 Å². The molecule has 95 heavy (non-hydrogen) atoms. The molecule has 0 aromatic heterocycles. The molecule has 3 aliphatic rings. The molecule has 494 valence electrons. The van der Waals surface area contributed by atoms with Crippen LogP contribution in [-0.2, 0) is 52.7 Å². The number of nitrogens with one attached hydrogen (secondary N) is 5. The van der Waals surface area contributed by atoms with Crippen molar-refractivity contribution in [1.29, 1.82) is 0 Å². The third kappa shape index (κ3) is 13.8. The third-order valence-corrected chi connectivity index (χ3v) is 20.5. The van der Waals surface area contributed by atoms with Crippen molar-refractivity contribution in [2.75, 3.05) is 34.4 Å². The summed E-state index contributed by atoms with van der Waals surface area (Å²) >= 11 is 2.01. The molecule has 24 nitrogen and oxygen atoms in total. The topological polar surface area (TPSA) is 368 Å². The first-order valence-electron chi connectivity index (χ1n) is 31.6. The van der Waals surface area contributed by atoms with Crippen molar-refractivity contribution in [3.05, 3.63) is 109 Å². The molecule has 8 aromatic carbocycles. The molecule has 0 bridgehead atoms. The predicted molar refractivity (Wildman–Crippen MR) is 368 cm³/mol. The van der Waals surface area contributed by atoms with Crippen LogP contribution in [0.1, 0.15) is 72.6 Å². The quantitative estimate of drug-likeness (QED) is 0.0115. The molecule has 0 saturated carbocycles. The molecular formula is C69H74N12O12S2. The number of benzene rings is 8. The van der Waals surface area contributed by atoms with Crippen LogP contribution < -0.4 is 53.6 Å². The number of hydrogen-bond donors (Lipinski definition) is 9. The van der Waals surface area contributed by atoms with Gasteiger partial charge in [-0.2, -0.15) is 0 Å². The highest BCUT2D eigenvalue weighted by Gasteiger charge is 2.44. The molecule has 3 saturated heterocycles. The highest BCUT2D eigenvalue weighted by molar-refractivity contribution is 8.01. The summed E-state index contributed by atoms with van der Waals surface area (Å²) in [6.45, 7) is 6.55. The Morgan fingerprint density at radius 1 is 0.568 bits per heavy atom. The maximum Gasteiger partial charge on any atom is 0.327 e. The Bertz CT molecular complexity index is 4400. The van der Waals surface area contributed by atoms with Crippen molar-refractivity contribution in [1.82, 2.24) is 31.5 Å². The van der Waals surface area contributed by atoms with E-state index in [-0.39, 0.29) is 80.9 Å². The number of nitrogens with two attached hydrogens (primary N) is 3. The largest absolute Gasteiger partial charge is 0.480 e. The predicted octanol–water partition coefficient (Wildman–Crippen LogP) is 4.88. The summed E-state index contributed by atoms with van der Waals surface area (Å²) < 4.78 is 0. The highest BCUT2D eigenvalue weighted by atomic mass is 32.2. The van der Waals surface area contributed by atoms with Crippen molar-refractivity contribution in [2.24, 2.45) is 28.1 Å². The van der Waals surface area contributed by atoms with Crippen LogP contribution >= 0.6 is 23.5 Å². The molecule has 26 heteroatoms. The van der Waals surface area contributed by atoms with Crippen molar-refractivity contribution < 1.29 is 57.8 Å². The second-order valence-corrected chi connectivity index (χ2v) is 27.4. The number of hydrogen-bond acceptors (Lipinski definition) is 15. The van der Waals surface area contributed by atoms with E-state index in [0.717, 1.165) is 87.7 Å². The average molecular weight is 1330 g/mol. The number of imide groups is 2. The zero-order valence-electron chi connectivity index (χ0n) is 52.7. The van der Waals surface area contributed by atoms with Crippen LogP contribution in [0, 0.1) is 5.92 Å². The number of aliphatic carboxylic acids is 1. The van der Waals surface area contributed by atoms with E-state index >= 15 is 0 Å². The van der Waals surface area contributed by atoms with E-state index in [1.807, 2.05) is 97.1 Å². The Balaban J connectivity index is 0.671. The van der Waals surface area contributed by atoms with Crippen LogP contribution in [-0.4, -0.2) is 158 Å². The Kier molecular flexibility index (Phi) is 19.8. The minimum atomic E-state index is -1.55. The molecule has 3 fully saturated rings. The van der Waals surface area contributed by atoms with Crippen molar-refractivity contribution in [2.45, 2.75) is 125 Å². The number of anilines is 2. The molecule has 3 heterocycles. The van der Waals surface area contributed by atoms with Gasteiger partial charge in [0, 0.05) is 48.2 Å². The number of guanidine groups is 1. The maximum atomic E-state index is 14.2. The Morgan fingerprint density at radius 2 is 1.02 bits per heavy atom. The summed E-state index contributed by atoms with van der Waals surface area (Å²) in [4.78, 5) is 159. The number of carbonyl (C=O) groups is 11. The molecule has 0 spiro atoms. The van der Waals surface area contributed by atoms with Gasteiger partial charge < -0.3 is 53.8 Å². The van der Waals surface area contributed by atoms with Gasteiger partial charge in [-0.3, -0.25) is 52.9 Å². The monoisotopic (exact) mass is 1330 g/mol. The first-order valence-corrected chi connectivity index (χ1v) is 33.7. The molecular weight excluding hydrogens is 1250 g/mol. The summed E-state index contributed by atoms with van der Waals surface area (Å²) in [6, 6.07) is 26.1. The number of nitrogens with zero attached hydrogens (tertiary/aromatic N) is 4. The van der Waals surface area contributed by atoms with Crippen molar-refractivity contribution >= 4 is 171 Å². The van der Waals surface area contributed by atoms with Gasteiger partial charge in [-0.1, -0.05) is 111 Å². The van der Waals surface area contributed by atoms with Crippen LogP contribution in [0.2, 0.25) is 0 Å². The average Bonchev–Trinajstić information content (AvgIpc) is 1.57. The van der Waals surface area contributed by atoms with E-state index in [4.69, 9.17) is 17.2 Å². The number of thioether (sulfide) groups is 2. The lowest BCUT2D eigenvalue weighted by molar-refractivity contribution is -0.141. The third-order valence-electron chi connectivity index (χ3n) is 17.8. The van der Waals surface area contributed by atoms with Crippen LogP contribution in [0.15, 0.2) is 114 Å². The van der Waals surface area contributed by atoms with Crippen LogP contribution in [0.4, 0.5) is 11.4 Å². The summed E-state index contributed by atoms with van der Waals surface area (Å²) in [6.07, 6.45) is 0.576. The van der Waals surface area contributed by atoms with E-state index in [1.165, 1.54) is 23.6 Å².